The van der Waals surface area contributed by atoms with E-state index in [4.69, 9.17) is 0 Å². The molecular weight excluding hydrogens is 206 g/mol. The molecule has 4 heteroatoms. The first-order chi connectivity index (χ1) is 7.65. The van der Waals surface area contributed by atoms with E-state index in [1.165, 1.54) is 6.42 Å². The molecule has 1 aliphatic carbocycles. The van der Waals surface area contributed by atoms with Gasteiger partial charge < -0.3 is 10.0 Å². The number of likely N-dealkylation sites (tertiary alicyclic amines) is 1. The second-order valence-electron chi connectivity index (χ2n) is 4.86. The monoisotopic (exact) mass is 225 g/mol. The summed E-state index contributed by atoms with van der Waals surface area (Å²) in [6.45, 7) is 1.80. The van der Waals surface area contributed by atoms with E-state index in [1.54, 1.807) is 11.8 Å². The second-order valence-corrected chi connectivity index (χ2v) is 4.86. The van der Waals surface area contributed by atoms with E-state index < -0.39 is 12.0 Å². The van der Waals surface area contributed by atoms with Gasteiger partial charge in [0.2, 0.25) is 5.91 Å². The Morgan fingerprint density at radius 1 is 1.31 bits per heavy atom. The first-order valence-electron chi connectivity index (χ1n) is 6.19. The molecule has 1 saturated heterocycles. The highest BCUT2D eigenvalue weighted by atomic mass is 16.4. The lowest BCUT2D eigenvalue weighted by Crippen LogP contribution is -2.45. The fraction of sp³-hybridized carbons (Fsp3) is 0.833. The van der Waals surface area contributed by atoms with Gasteiger partial charge in [-0.3, -0.25) is 4.79 Å². The van der Waals surface area contributed by atoms with E-state index in [9.17, 15) is 14.7 Å². The molecule has 0 spiro atoms. The number of rotatable bonds is 2. The van der Waals surface area contributed by atoms with Crippen LogP contribution in [-0.2, 0) is 9.59 Å². The molecule has 1 N–H and O–H groups in total. The molecule has 1 amide bonds. The van der Waals surface area contributed by atoms with Crippen molar-refractivity contribution in [2.75, 3.05) is 0 Å². The number of carboxylic acid groups (broad SMARTS) is 1. The lowest BCUT2D eigenvalue weighted by molar-refractivity contribution is -0.149. The van der Waals surface area contributed by atoms with Gasteiger partial charge in [-0.15, -0.1) is 0 Å². The van der Waals surface area contributed by atoms with Crippen LogP contribution in [0.2, 0.25) is 0 Å². The molecule has 0 aromatic carbocycles. The van der Waals surface area contributed by atoms with Gasteiger partial charge in [0.1, 0.15) is 6.04 Å². The van der Waals surface area contributed by atoms with Crippen LogP contribution in [0.1, 0.15) is 45.4 Å². The molecule has 1 aliphatic heterocycles. The van der Waals surface area contributed by atoms with Crippen LogP contribution in [0.4, 0.5) is 0 Å². The molecule has 2 fully saturated rings. The Bertz CT molecular complexity index is 303. The van der Waals surface area contributed by atoms with Crippen molar-refractivity contribution >= 4 is 11.9 Å². The Kier molecular flexibility index (Phi) is 3.17. The van der Waals surface area contributed by atoms with Crippen LogP contribution in [0.25, 0.3) is 0 Å². The number of nitrogens with zero attached hydrogens (tertiary/aromatic N) is 1. The minimum atomic E-state index is -0.837. The second kappa shape index (κ2) is 4.44. The van der Waals surface area contributed by atoms with E-state index in [-0.39, 0.29) is 11.9 Å². The largest absolute Gasteiger partial charge is 0.480 e. The smallest absolute Gasteiger partial charge is 0.326 e. The van der Waals surface area contributed by atoms with Crippen LogP contribution in [0, 0.1) is 5.92 Å². The van der Waals surface area contributed by atoms with Gasteiger partial charge in [0.15, 0.2) is 0 Å². The Labute approximate surface area is 95.6 Å². The Morgan fingerprint density at radius 2 is 2.00 bits per heavy atom. The summed E-state index contributed by atoms with van der Waals surface area (Å²) in [4.78, 5) is 24.7. The number of hydrogen-bond donors (Lipinski definition) is 1. The van der Waals surface area contributed by atoms with Gasteiger partial charge in [0.05, 0.1) is 0 Å². The summed E-state index contributed by atoms with van der Waals surface area (Å²) >= 11 is 0. The Hall–Kier alpha value is -1.06. The Morgan fingerprint density at radius 3 is 2.62 bits per heavy atom. The molecule has 90 valence electrons. The molecule has 1 saturated carbocycles. The lowest BCUT2D eigenvalue weighted by Gasteiger charge is -2.32. The van der Waals surface area contributed by atoms with Gasteiger partial charge >= 0.3 is 5.97 Å². The SMILES string of the molecule is CCC(=O)N1[C@H](C(=O)O)C[C@@H]2CCCC[C@@H]21. The van der Waals surface area contributed by atoms with E-state index in [2.05, 4.69) is 0 Å². The standard InChI is InChI=1S/C12H19NO3/c1-2-11(14)13-9-6-4-3-5-8(9)7-10(13)12(15)16/h8-10H,2-7H2,1H3,(H,15,16)/t8-,9-,10-/m0/s1. The van der Waals surface area contributed by atoms with Crippen LogP contribution in [0.5, 0.6) is 0 Å². The fourth-order valence-corrected chi connectivity index (χ4v) is 3.22. The van der Waals surface area contributed by atoms with Crippen molar-refractivity contribution in [3.63, 3.8) is 0 Å². The number of amides is 1. The summed E-state index contributed by atoms with van der Waals surface area (Å²) in [5, 5.41) is 9.18. The lowest BCUT2D eigenvalue weighted by atomic mass is 9.85. The summed E-state index contributed by atoms with van der Waals surface area (Å²) in [5.74, 6) is -0.414. The van der Waals surface area contributed by atoms with Crippen molar-refractivity contribution in [3.05, 3.63) is 0 Å². The maximum absolute atomic E-state index is 11.8. The third-order valence-electron chi connectivity index (χ3n) is 3.96. The van der Waals surface area contributed by atoms with E-state index in [1.807, 2.05) is 0 Å². The predicted molar refractivity (Wildman–Crippen MR) is 58.9 cm³/mol. The summed E-state index contributed by atoms with van der Waals surface area (Å²) in [6.07, 6.45) is 5.45. The fourth-order valence-electron chi connectivity index (χ4n) is 3.22. The van der Waals surface area contributed by atoms with Crippen LogP contribution in [0.15, 0.2) is 0 Å². The zero-order valence-electron chi connectivity index (χ0n) is 9.69. The predicted octanol–water partition coefficient (Wildman–Crippen LogP) is 1.64. The number of aliphatic carboxylic acids is 1. The Balaban J connectivity index is 2.20. The van der Waals surface area contributed by atoms with Gasteiger partial charge in [-0.25, -0.2) is 4.79 Å². The first kappa shape index (κ1) is 11.4. The molecule has 0 bridgehead atoms. The minimum Gasteiger partial charge on any atom is -0.480 e. The molecule has 2 rings (SSSR count). The zero-order valence-corrected chi connectivity index (χ0v) is 9.69. The van der Waals surface area contributed by atoms with Gasteiger partial charge in [-0.1, -0.05) is 19.8 Å². The maximum atomic E-state index is 11.8. The minimum absolute atomic E-state index is 0.00167. The highest BCUT2D eigenvalue weighted by Crippen LogP contribution is 2.39. The van der Waals surface area contributed by atoms with Gasteiger partial charge in [0, 0.05) is 12.5 Å². The summed E-state index contributed by atoms with van der Waals surface area (Å²) < 4.78 is 0. The highest BCUT2D eigenvalue weighted by molar-refractivity contribution is 5.84. The van der Waals surface area contributed by atoms with Crippen LogP contribution < -0.4 is 0 Å². The van der Waals surface area contributed by atoms with Crippen molar-refractivity contribution in [3.8, 4) is 0 Å². The third kappa shape index (κ3) is 1.81. The molecule has 16 heavy (non-hydrogen) atoms. The van der Waals surface area contributed by atoms with Crippen LogP contribution in [-0.4, -0.2) is 34.0 Å². The zero-order chi connectivity index (χ0) is 11.7. The van der Waals surface area contributed by atoms with Gasteiger partial charge in [-0.2, -0.15) is 0 Å². The average Bonchev–Trinajstić information content (AvgIpc) is 2.67. The van der Waals surface area contributed by atoms with Crippen molar-refractivity contribution in [1.29, 1.82) is 0 Å². The maximum Gasteiger partial charge on any atom is 0.326 e. The number of fused-ring (bicyclic) bond motifs is 1. The number of hydrogen-bond acceptors (Lipinski definition) is 2. The summed E-state index contributed by atoms with van der Waals surface area (Å²) in [5.41, 5.74) is 0. The van der Waals surface area contributed by atoms with E-state index in [0.29, 0.717) is 18.8 Å². The van der Waals surface area contributed by atoms with E-state index in [0.717, 1.165) is 19.3 Å². The van der Waals surface area contributed by atoms with Gasteiger partial charge in [-0.05, 0) is 25.2 Å². The normalized spacial score (nSPS) is 33.6. The molecular formula is C12H19NO3. The third-order valence-corrected chi connectivity index (χ3v) is 3.96. The molecule has 4 nitrogen and oxygen atoms in total. The molecule has 0 aromatic rings. The van der Waals surface area contributed by atoms with Crippen LogP contribution in [0.3, 0.4) is 0 Å². The van der Waals surface area contributed by atoms with Crippen molar-refractivity contribution < 1.29 is 14.7 Å². The van der Waals surface area contributed by atoms with E-state index >= 15 is 0 Å². The van der Waals surface area contributed by atoms with Crippen molar-refractivity contribution in [2.45, 2.75) is 57.5 Å². The summed E-state index contributed by atoms with van der Waals surface area (Å²) in [6, 6.07) is -0.372. The van der Waals surface area contributed by atoms with Crippen LogP contribution >= 0.6 is 0 Å². The van der Waals surface area contributed by atoms with Crippen molar-refractivity contribution in [2.24, 2.45) is 5.92 Å². The van der Waals surface area contributed by atoms with Gasteiger partial charge in [0.25, 0.3) is 0 Å². The molecule has 1 heterocycles. The molecule has 3 atom stereocenters. The highest BCUT2D eigenvalue weighted by Gasteiger charge is 2.46. The summed E-state index contributed by atoms with van der Waals surface area (Å²) in [7, 11) is 0. The number of carboxylic acids is 1. The molecule has 2 aliphatic rings. The first-order valence-corrected chi connectivity index (χ1v) is 6.19. The average molecular weight is 225 g/mol. The quantitative estimate of drug-likeness (QED) is 0.777. The molecule has 0 aromatic heterocycles. The van der Waals surface area contributed by atoms with Crippen molar-refractivity contribution in [1.82, 2.24) is 4.90 Å². The molecule has 0 radical (unpaired) electrons. The number of carbonyl (C=O) groups is 2. The topological polar surface area (TPSA) is 57.6 Å². The number of carbonyl (C=O) groups excluding carboxylic acids is 1. The molecule has 0 unspecified atom stereocenters.